The van der Waals surface area contributed by atoms with Crippen LogP contribution >= 0.6 is 0 Å². The van der Waals surface area contributed by atoms with E-state index in [-0.39, 0.29) is 23.0 Å². The average molecular weight is 304 g/mol. The van der Waals surface area contributed by atoms with Crippen LogP contribution < -0.4 is 0 Å². The Balaban J connectivity index is 2.02. The first-order chi connectivity index (χ1) is 10.2. The van der Waals surface area contributed by atoms with Gasteiger partial charge in [-0.1, -0.05) is 32.9 Å². The molecule has 2 N–H and O–H groups in total. The van der Waals surface area contributed by atoms with Gasteiger partial charge in [-0.05, 0) is 79.3 Å². The molecular weight excluding hydrogens is 272 g/mol. The molecule has 5 unspecified atom stereocenters. The van der Waals surface area contributed by atoms with Crippen molar-refractivity contribution in [2.75, 3.05) is 0 Å². The van der Waals surface area contributed by atoms with E-state index in [9.17, 15) is 10.2 Å². The maximum atomic E-state index is 10.5. The first-order valence-electron chi connectivity index (χ1n) is 8.92. The number of hydrogen-bond acceptors (Lipinski definition) is 2. The molecule has 124 valence electrons. The van der Waals surface area contributed by atoms with E-state index in [2.05, 4.69) is 34.3 Å². The second kappa shape index (κ2) is 5.21. The molecule has 0 aromatic heterocycles. The van der Waals surface area contributed by atoms with Gasteiger partial charge in [-0.15, -0.1) is 0 Å². The molecule has 2 saturated carbocycles. The van der Waals surface area contributed by atoms with Crippen molar-refractivity contribution in [2.24, 2.45) is 22.7 Å². The van der Waals surface area contributed by atoms with Crippen molar-refractivity contribution in [3.05, 3.63) is 23.3 Å². The van der Waals surface area contributed by atoms with E-state index < -0.39 is 0 Å². The summed E-state index contributed by atoms with van der Waals surface area (Å²) in [6, 6.07) is 0. The summed E-state index contributed by atoms with van der Waals surface area (Å²) < 4.78 is 0. The molecule has 3 rings (SSSR count). The molecule has 22 heavy (non-hydrogen) atoms. The lowest BCUT2D eigenvalue weighted by Crippen LogP contribution is -2.46. The molecule has 3 aliphatic rings. The largest absolute Gasteiger partial charge is 0.389 e. The van der Waals surface area contributed by atoms with Crippen molar-refractivity contribution in [3.63, 3.8) is 0 Å². The molecular formula is C20H32O2. The number of rotatable bonds is 0. The Morgan fingerprint density at radius 3 is 2.41 bits per heavy atom. The Morgan fingerprint density at radius 1 is 1.05 bits per heavy atom. The van der Waals surface area contributed by atoms with Gasteiger partial charge in [0.1, 0.15) is 0 Å². The van der Waals surface area contributed by atoms with Gasteiger partial charge in [-0.2, -0.15) is 0 Å². The third-order valence-electron chi connectivity index (χ3n) is 7.45. The summed E-state index contributed by atoms with van der Waals surface area (Å²) in [6.07, 6.45) is 5.51. The van der Waals surface area contributed by atoms with E-state index in [0.717, 1.165) is 44.1 Å². The van der Waals surface area contributed by atoms with Crippen LogP contribution in [-0.2, 0) is 0 Å². The Kier molecular flexibility index (Phi) is 3.85. The highest BCUT2D eigenvalue weighted by Gasteiger charge is 2.49. The quantitative estimate of drug-likeness (QED) is 0.658. The van der Waals surface area contributed by atoms with E-state index >= 15 is 0 Å². The molecule has 5 atom stereocenters. The summed E-state index contributed by atoms with van der Waals surface area (Å²) in [7, 11) is 0. The SMILES string of the molecule is C=C1C(O)CCC2(C)CCC3=C(C)C(O)CC(CC12)C3(C)C. The zero-order valence-corrected chi connectivity index (χ0v) is 14.7. The van der Waals surface area contributed by atoms with Crippen LogP contribution in [0, 0.1) is 22.7 Å². The summed E-state index contributed by atoms with van der Waals surface area (Å²) in [5.41, 5.74) is 4.19. The molecule has 0 aromatic carbocycles. The molecule has 0 radical (unpaired) electrons. The van der Waals surface area contributed by atoms with Gasteiger partial charge in [0.15, 0.2) is 0 Å². The fourth-order valence-electron chi connectivity index (χ4n) is 5.54. The molecule has 0 saturated heterocycles. The zero-order chi connectivity index (χ0) is 16.3. The predicted molar refractivity (Wildman–Crippen MR) is 90.4 cm³/mol. The lowest BCUT2D eigenvalue weighted by Gasteiger charge is -2.53. The molecule has 0 amide bonds. The number of aliphatic hydroxyl groups is 2. The zero-order valence-electron chi connectivity index (χ0n) is 14.7. The number of hydrogen-bond donors (Lipinski definition) is 2. The Labute approximate surface area is 135 Å². The van der Waals surface area contributed by atoms with Crippen molar-refractivity contribution in [3.8, 4) is 0 Å². The Bertz CT molecular complexity index is 516. The van der Waals surface area contributed by atoms with Gasteiger partial charge in [0.2, 0.25) is 0 Å². The minimum atomic E-state index is -0.328. The minimum absolute atomic E-state index is 0.160. The topological polar surface area (TPSA) is 40.5 Å². The lowest BCUT2D eigenvalue weighted by atomic mass is 9.52. The van der Waals surface area contributed by atoms with Crippen LogP contribution in [0.5, 0.6) is 0 Å². The monoisotopic (exact) mass is 304 g/mol. The van der Waals surface area contributed by atoms with Gasteiger partial charge in [0, 0.05) is 0 Å². The third-order valence-corrected chi connectivity index (χ3v) is 7.45. The lowest BCUT2D eigenvalue weighted by molar-refractivity contribution is 0.0138. The molecule has 3 aliphatic carbocycles. The number of fused-ring (bicyclic) bond motifs is 3. The predicted octanol–water partition coefficient (Wildman–Crippen LogP) is 4.23. The van der Waals surface area contributed by atoms with Gasteiger partial charge >= 0.3 is 0 Å². The van der Waals surface area contributed by atoms with Crippen LogP contribution in [0.1, 0.15) is 66.2 Å². The molecule has 2 fully saturated rings. The number of allylic oxidation sites excluding steroid dienone is 1. The van der Waals surface area contributed by atoms with Gasteiger partial charge in [-0.25, -0.2) is 0 Å². The van der Waals surface area contributed by atoms with Gasteiger partial charge in [0.05, 0.1) is 12.2 Å². The molecule has 0 spiro atoms. The molecule has 2 bridgehead atoms. The first-order valence-corrected chi connectivity index (χ1v) is 8.92. The maximum Gasteiger partial charge on any atom is 0.0753 e. The summed E-state index contributed by atoms with van der Waals surface area (Å²) in [4.78, 5) is 0. The highest BCUT2D eigenvalue weighted by molar-refractivity contribution is 5.30. The van der Waals surface area contributed by atoms with Crippen molar-refractivity contribution >= 4 is 0 Å². The van der Waals surface area contributed by atoms with E-state index in [1.54, 1.807) is 0 Å². The van der Waals surface area contributed by atoms with Crippen LogP contribution in [0.25, 0.3) is 0 Å². The normalized spacial score (nSPS) is 45.1. The van der Waals surface area contributed by atoms with Crippen LogP contribution in [0.4, 0.5) is 0 Å². The van der Waals surface area contributed by atoms with Crippen molar-refractivity contribution in [1.82, 2.24) is 0 Å². The molecule has 0 aromatic rings. The molecule has 2 nitrogen and oxygen atoms in total. The van der Waals surface area contributed by atoms with E-state index in [4.69, 9.17) is 0 Å². The highest BCUT2D eigenvalue weighted by atomic mass is 16.3. The smallest absolute Gasteiger partial charge is 0.0753 e. The van der Waals surface area contributed by atoms with E-state index in [1.165, 1.54) is 11.1 Å². The van der Waals surface area contributed by atoms with Crippen molar-refractivity contribution in [2.45, 2.75) is 78.4 Å². The van der Waals surface area contributed by atoms with E-state index in [1.807, 2.05) is 0 Å². The van der Waals surface area contributed by atoms with Crippen molar-refractivity contribution < 1.29 is 10.2 Å². The minimum Gasteiger partial charge on any atom is -0.389 e. The second-order valence-corrected chi connectivity index (χ2v) is 8.90. The number of aliphatic hydroxyl groups excluding tert-OH is 2. The molecule has 2 heteroatoms. The molecule has 0 heterocycles. The fraction of sp³-hybridized carbons (Fsp3) is 0.800. The highest BCUT2D eigenvalue weighted by Crippen LogP contribution is 2.58. The maximum absolute atomic E-state index is 10.5. The second-order valence-electron chi connectivity index (χ2n) is 8.90. The van der Waals surface area contributed by atoms with Crippen molar-refractivity contribution in [1.29, 1.82) is 0 Å². The first kappa shape index (κ1) is 16.3. The summed E-state index contributed by atoms with van der Waals surface area (Å²) >= 11 is 0. The van der Waals surface area contributed by atoms with Gasteiger partial charge in [0.25, 0.3) is 0 Å². The Hall–Kier alpha value is -0.600. The Morgan fingerprint density at radius 2 is 1.73 bits per heavy atom. The molecule has 0 aliphatic heterocycles. The van der Waals surface area contributed by atoms with Gasteiger partial charge < -0.3 is 10.2 Å². The fourth-order valence-corrected chi connectivity index (χ4v) is 5.54. The third kappa shape index (κ3) is 2.30. The van der Waals surface area contributed by atoms with Crippen LogP contribution in [-0.4, -0.2) is 22.4 Å². The standard InChI is InChI=1S/C20H32O2/c1-12-15-6-8-20(5)9-7-17(21)13(2)16(20)10-14(11-18(12)22)19(15,3)4/h14,16-18,21-22H,2,6-11H2,1,3-5H3. The van der Waals surface area contributed by atoms with Gasteiger partial charge in [-0.3, -0.25) is 0 Å². The average Bonchev–Trinajstić information content (AvgIpc) is 2.44. The summed E-state index contributed by atoms with van der Waals surface area (Å²) in [5.74, 6) is 0.876. The summed E-state index contributed by atoms with van der Waals surface area (Å²) in [5, 5.41) is 20.8. The van der Waals surface area contributed by atoms with Crippen LogP contribution in [0.15, 0.2) is 23.3 Å². The van der Waals surface area contributed by atoms with Crippen LogP contribution in [0.2, 0.25) is 0 Å². The van der Waals surface area contributed by atoms with Crippen LogP contribution in [0.3, 0.4) is 0 Å². The van der Waals surface area contributed by atoms with E-state index in [0.29, 0.717) is 11.8 Å². The summed E-state index contributed by atoms with van der Waals surface area (Å²) in [6.45, 7) is 13.5.